The zero-order chi connectivity index (χ0) is 21.3. The van der Waals surface area contributed by atoms with Crippen molar-refractivity contribution in [1.29, 1.82) is 0 Å². The van der Waals surface area contributed by atoms with Gasteiger partial charge < -0.3 is 20.7 Å². The average molecular weight is 419 g/mol. The Labute approximate surface area is 170 Å². The number of alkyl halides is 2. The van der Waals surface area contributed by atoms with Crippen LogP contribution in [0.3, 0.4) is 0 Å². The summed E-state index contributed by atoms with van der Waals surface area (Å²) < 4.78 is 46.3. The summed E-state index contributed by atoms with van der Waals surface area (Å²) >= 11 is 0. The van der Waals surface area contributed by atoms with Crippen LogP contribution >= 0.6 is 0 Å². The molecule has 2 aromatic rings. The third-order valence-electron chi connectivity index (χ3n) is 5.31. The minimum absolute atomic E-state index is 0.0984. The second-order valence-corrected chi connectivity index (χ2v) is 7.51. The van der Waals surface area contributed by atoms with E-state index in [0.717, 1.165) is 11.6 Å². The Morgan fingerprint density at radius 1 is 1.17 bits per heavy atom. The topological polar surface area (TPSA) is 79.5 Å². The highest BCUT2D eigenvalue weighted by atomic mass is 19.1. The minimum atomic E-state index is -1.74. The van der Waals surface area contributed by atoms with Crippen LogP contribution in [-0.4, -0.2) is 30.9 Å². The highest BCUT2D eigenvalue weighted by Crippen LogP contribution is 2.40. The Morgan fingerprint density at radius 3 is 2.73 bits per heavy atom. The van der Waals surface area contributed by atoms with Gasteiger partial charge in [-0.3, -0.25) is 4.79 Å². The molecule has 2 aliphatic heterocycles. The van der Waals surface area contributed by atoms with E-state index < -0.39 is 36.8 Å². The quantitative estimate of drug-likeness (QED) is 0.700. The summed E-state index contributed by atoms with van der Waals surface area (Å²) in [5.41, 5.74) is 0.586. The van der Waals surface area contributed by atoms with Crippen molar-refractivity contribution in [3.8, 4) is 5.75 Å². The molecule has 0 unspecified atom stereocenters. The summed E-state index contributed by atoms with van der Waals surface area (Å²) in [5, 5.41) is 8.03. The third-order valence-corrected chi connectivity index (χ3v) is 5.31. The summed E-state index contributed by atoms with van der Waals surface area (Å²) in [6.07, 6.45) is 0.835. The lowest BCUT2D eigenvalue weighted by Gasteiger charge is -2.39. The van der Waals surface area contributed by atoms with Gasteiger partial charge in [-0.15, -0.1) is 0 Å². The molecular formula is C21H20F3N3O3. The molecule has 1 atom stereocenters. The maximum absolute atomic E-state index is 13.7. The number of benzene rings is 2. The number of ether oxygens (including phenoxy) is 1. The molecule has 3 amide bonds. The molecule has 0 bridgehead atoms. The summed E-state index contributed by atoms with van der Waals surface area (Å²) in [6.45, 7) is -2.19. The van der Waals surface area contributed by atoms with E-state index in [1.807, 2.05) is 0 Å². The number of hydrogen-bond acceptors (Lipinski definition) is 3. The van der Waals surface area contributed by atoms with Crippen molar-refractivity contribution in [1.82, 2.24) is 5.32 Å². The van der Waals surface area contributed by atoms with Gasteiger partial charge in [0.25, 0.3) is 0 Å². The van der Waals surface area contributed by atoms with E-state index in [9.17, 15) is 22.8 Å². The van der Waals surface area contributed by atoms with E-state index in [1.54, 1.807) is 18.2 Å². The molecule has 158 valence electrons. The summed E-state index contributed by atoms with van der Waals surface area (Å²) in [7, 11) is 0. The first-order valence-corrected chi connectivity index (χ1v) is 9.52. The van der Waals surface area contributed by atoms with Crippen LogP contribution in [0.25, 0.3) is 0 Å². The lowest BCUT2D eigenvalue weighted by atomic mass is 9.88. The number of aryl methyl sites for hydroxylation is 1. The lowest BCUT2D eigenvalue weighted by molar-refractivity contribution is -0.116. The number of halogens is 3. The Balaban J connectivity index is 1.53. The zero-order valence-electron chi connectivity index (χ0n) is 15.9. The van der Waals surface area contributed by atoms with Gasteiger partial charge in [0.1, 0.15) is 24.9 Å². The number of anilines is 2. The van der Waals surface area contributed by atoms with Crippen LogP contribution < -0.4 is 20.7 Å². The van der Waals surface area contributed by atoms with Gasteiger partial charge in [0.2, 0.25) is 5.91 Å². The second kappa shape index (κ2) is 7.89. The fourth-order valence-corrected chi connectivity index (χ4v) is 3.74. The normalized spacial score (nSPS) is 19.0. The lowest BCUT2D eigenvalue weighted by Crippen LogP contribution is -2.49. The molecule has 0 fully saturated rings. The molecule has 30 heavy (non-hydrogen) atoms. The molecule has 0 spiro atoms. The van der Waals surface area contributed by atoms with Gasteiger partial charge >= 0.3 is 6.03 Å². The monoisotopic (exact) mass is 419 g/mol. The van der Waals surface area contributed by atoms with Crippen LogP contribution in [0, 0.1) is 5.82 Å². The highest BCUT2D eigenvalue weighted by Gasteiger charge is 2.42. The van der Waals surface area contributed by atoms with Crippen molar-refractivity contribution < 1.29 is 27.5 Å². The molecule has 0 aromatic heterocycles. The van der Waals surface area contributed by atoms with Gasteiger partial charge in [-0.2, -0.15) is 0 Å². The maximum atomic E-state index is 13.7. The Kier molecular flexibility index (Phi) is 5.27. The summed E-state index contributed by atoms with van der Waals surface area (Å²) in [4.78, 5) is 24.1. The third kappa shape index (κ3) is 3.92. The molecule has 2 aromatic carbocycles. The Hall–Kier alpha value is -3.23. The number of rotatable bonds is 4. The van der Waals surface area contributed by atoms with Crippen molar-refractivity contribution in [3.63, 3.8) is 0 Å². The molecule has 2 heterocycles. The van der Waals surface area contributed by atoms with Crippen LogP contribution in [0.4, 0.5) is 29.3 Å². The molecular weight excluding hydrogens is 399 g/mol. The van der Waals surface area contributed by atoms with Gasteiger partial charge in [-0.05, 0) is 42.3 Å². The van der Waals surface area contributed by atoms with E-state index in [-0.39, 0.29) is 18.1 Å². The first-order valence-electron chi connectivity index (χ1n) is 9.52. The first kappa shape index (κ1) is 20.1. The molecule has 4 rings (SSSR count). The number of amides is 3. The fourth-order valence-electron chi connectivity index (χ4n) is 3.74. The predicted octanol–water partition coefficient (Wildman–Crippen LogP) is 4.03. The second-order valence-electron chi connectivity index (χ2n) is 7.51. The Morgan fingerprint density at radius 2 is 1.97 bits per heavy atom. The van der Waals surface area contributed by atoms with Crippen molar-refractivity contribution in [2.75, 3.05) is 24.0 Å². The van der Waals surface area contributed by atoms with Crippen molar-refractivity contribution in [2.24, 2.45) is 0 Å². The summed E-state index contributed by atoms with van der Waals surface area (Å²) in [6, 6.07) is 7.25. The van der Waals surface area contributed by atoms with E-state index in [2.05, 4.69) is 16.0 Å². The van der Waals surface area contributed by atoms with Crippen LogP contribution in [0.5, 0.6) is 5.75 Å². The van der Waals surface area contributed by atoms with Crippen molar-refractivity contribution in [2.45, 2.75) is 30.9 Å². The molecule has 0 aliphatic carbocycles. The number of hydrogen-bond donors (Lipinski definition) is 3. The van der Waals surface area contributed by atoms with Gasteiger partial charge in [0, 0.05) is 29.8 Å². The smallest absolute Gasteiger partial charge is 0.319 e. The number of nitrogens with one attached hydrogen (secondary N) is 3. The molecule has 2 aliphatic rings. The van der Waals surface area contributed by atoms with E-state index in [4.69, 9.17) is 4.74 Å². The van der Waals surface area contributed by atoms with Crippen LogP contribution in [-0.2, 0) is 11.2 Å². The van der Waals surface area contributed by atoms with E-state index >= 15 is 0 Å². The molecule has 3 N–H and O–H groups in total. The zero-order valence-corrected chi connectivity index (χ0v) is 15.9. The molecule has 6 nitrogen and oxygen atoms in total. The van der Waals surface area contributed by atoms with Crippen LogP contribution in [0.15, 0.2) is 36.4 Å². The minimum Gasteiger partial charge on any atom is -0.481 e. The fraction of sp³-hybridized carbons (Fsp3) is 0.333. The van der Waals surface area contributed by atoms with Crippen molar-refractivity contribution in [3.05, 3.63) is 53.3 Å². The van der Waals surface area contributed by atoms with Gasteiger partial charge in [0.05, 0.1) is 6.04 Å². The van der Waals surface area contributed by atoms with Crippen LogP contribution in [0.2, 0.25) is 0 Å². The van der Waals surface area contributed by atoms with Gasteiger partial charge in [-0.1, -0.05) is 6.07 Å². The largest absolute Gasteiger partial charge is 0.481 e. The summed E-state index contributed by atoms with van der Waals surface area (Å²) in [5.74, 6) is -0.526. The Bertz CT molecular complexity index is 995. The number of carbonyl (C=O) groups is 2. The SMILES string of the molecule is O=C1CCc2ccc(NC(=O)N[C@@H]3CC(CF)(CF)Oc4ccc(F)cc43)cc2N1. The number of urea groups is 1. The highest BCUT2D eigenvalue weighted by molar-refractivity contribution is 5.96. The van der Waals surface area contributed by atoms with Crippen molar-refractivity contribution >= 4 is 23.3 Å². The molecule has 0 saturated carbocycles. The molecule has 9 heteroatoms. The molecule has 0 radical (unpaired) electrons. The standard InChI is InChI=1S/C21H20F3N3O3/c22-10-21(11-23)9-17(15-7-13(24)3-5-18(15)30-21)27-20(29)25-14-4-1-12-2-6-19(28)26-16(12)8-14/h1,3-5,7-8,17H,2,6,9-11H2,(H,26,28)(H2,25,27,29)/t17-/m1/s1. The molecule has 0 saturated heterocycles. The van der Waals surface area contributed by atoms with Crippen LogP contribution in [0.1, 0.15) is 30.0 Å². The predicted molar refractivity (Wildman–Crippen MR) is 105 cm³/mol. The van der Waals surface area contributed by atoms with E-state index in [1.165, 1.54) is 12.1 Å². The number of carbonyl (C=O) groups excluding carboxylic acids is 2. The maximum Gasteiger partial charge on any atom is 0.319 e. The van der Waals surface area contributed by atoms with Gasteiger partial charge in [0.15, 0.2) is 5.60 Å². The average Bonchev–Trinajstić information content (AvgIpc) is 2.73. The first-order chi connectivity index (χ1) is 14.4. The number of fused-ring (bicyclic) bond motifs is 2. The van der Waals surface area contributed by atoms with E-state index in [0.29, 0.717) is 29.8 Å². The van der Waals surface area contributed by atoms with Gasteiger partial charge in [-0.25, -0.2) is 18.0 Å².